The van der Waals surface area contributed by atoms with E-state index in [0.29, 0.717) is 0 Å². The Morgan fingerprint density at radius 3 is 1.77 bits per heavy atom. The Kier molecular flexibility index (Phi) is 13.5. The van der Waals surface area contributed by atoms with Crippen LogP contribution >= 0.6 is 0 Å². The van der Waals surface area contributed by atoms with Gasteiger partial charge < -0.3 is 50.7 Å². The molecule has 0 unspecified atom stereocenters. The van der Waals surface area contributed by atoms with Crippen molar-refractivity contribution in [3.8, 4) is 0 Å². The maximum Gasteiger partial charge on any atom is 0.111 e. The number of aliphatic hydroxyl groups excluding tert-OH is 9. The molecule has 0 aromatic heterocycles. The zero-order valence-electron chi connectivity index (χ0n) is 14.9. The van der Waals surface area contributed by atoms with E-state index in [-0.39, 0.29) is 32.7 Å². The average Bonchev–Trinajstić information content (AvgIpc) is 2.63. The van der Waals surface area contributed by atoms with E-state index in [4.69, 9.17) is 14.9 Å². The molecule has 0 aromatic carbocycles. The molecule has 0 aliphatic carbocycles. The Bertz CT molecular complexity index is 350. The van der Waals surface area contributed by atoms with Gasteiger partial charge in [0.05, 0.1) is 44.2 Å². The zero-order valence-corrected chi connectivity index (χ0v) is 14.9. The first-order valence-corrected chi connectivity index (χ1v) is 8.37. The second-order valence-electron chi connectivity index (χ2n) is 6.26. The van der Waals surface area contributed by atoms with Crippen LogP contribution < -0.4 is 0 Å². The molecule has 0 fully saturated rings. The zero-order chi connectivity index (χ0) is 20.3. The molecule has 0 bridgehead atoms. The lowest BCUT2D eigenvalue weighted by atomic mass is 10.0. The van der Waals surface area contributed by atoms with Gasteiger partial charge >= 0.3 is 0 Å². The predicted molar refractivity (Wildman–Crippen MR) is 89.2 cm³/mol. The molecular weight excluding hydrogens is 354 g/mol. The molecule has 26 heavy (non-hydrogen) atoms. The molecule has 7 atom stereocenters. The van der Waals surface area contributed by atoms with Crippen molar-refractivity contribution in [2.45, 2.75) is 49.1 Å². The van der Waals surface area contributed by atoms with Gasteiger partial charge in [-0.1, -0.05) is 0 Å². The fraction of sp³-hybridized carbons (Fsp3) is 1.00. The molecule has 0 saturated carbocycles. The Morgan fingerprint density at radius 1 is 0.731 bits per heavy atom. The second kappa shape index (κ2) is 13.7. The lowest BCUT2D eigenvalue weighted by molar-refractivity contribution is -0.122. The van der Waals surface area contributed by atoms with Crippen molar-refractivity contribution in [2.24, 2.45) is 0 Å². The largest absolute Gasteiger partial charge is 0.394 e. The highest BCUT2D eigenvalue weighted by atomic mass is 16.5. The third kappa shape index (κ3) is 9.48. The summed E-state index contributed by atoms with van der Waals surface area (Å²) in [5.74, 6) is 0. The third-order valence-electron chi connectivity index (χ3n) is 4.00. The van der Waals surface area contributed by atoms with Gasteiger partial charge in [0.15, 0.2) is 0 Å². The Balaban J connectivity index is 4.76. The first kappa shape index (κ1) is 25.6. The first-order valence-electron chi connectivity index (χ1n) is 8.37. The summed E-state index contributed by atoms with van der Waals surface area (Å²) in [6.45, 7) is -1.31. The van der Waals surface area contributed by atoms with Gasteiger partial charge in [0.1, 0.15) is 18.3 Å². The third-order valence-corrected chi connectivity index (χ3v) is 4.00. The topological polar surface area (TPSA) is 195 Å². The molecule has 11 heteroatoms. The Hall–Kier alpha value is -0.440. The number of hydrogen-bond acceptors (Lipinski definition) is 11. The van der Waals surface area contributed by atoms with Crippen LogP contribution in [0.1, 0.15) is 6.42 Å². The molecule has 0 aromatic rings. The van der Waals surface area contributed by atoms with Gasteiger partial charge in [-0.15, -0.1) is 0 Å². The molecular formula is C15H33NO10. The van der Waals surface area contributed by atoms with E-state index in [1.165, 1.54) is 12.0 Å². The van der Waals surface area contributed by atoms with E-state index in [1.54, 1.807) is 0 Å². The van der Waals surface area contributed by atoms with Crippen LogP contribution in [0.15, 0.2) is 0 Å². The summed E-state index contributed by atoms with van der Waals surface area (Å²) in [6.07, 6.45) is -10.7. The van der Waals surface area contributed by atoms with Crippen molar-refractivity contribution in [1.82, 2.24) is 4.90 Å². The van der Waals surface area contributed by atoms with Crippen molar-refractivity contribution < 1.29 is 50.7 Å². The highest BCUT2D eigenvalue weighted by Gasteiger charge is 2.32. The number of ether oxygens (including phenoxy) is 1. The van der Waals surface area contributed by atoms with E-state index >= 15 is 0 Å². The van der Waals surface area contributed by atoms with Crippen LogP contribution in [0.4, 0.5) is 0 Å². The van der Waals surface area contributed by atoms with Crippen LogP contribution in [0.25, 0.3) is 0 Å². The van der Waals surface area contributed by atoms with Gasteiger partial charge in [0, 0.05) is 33.2 Å². The molecule has 11 nitrogen and oxygen atoms in total. The number of aliphatic hydroxyl groups is 9. The summed E-state index contributed by atoms with van der Waals surface area (Å²) >= 11 is 0. The number of nitrogens with zero attached hydrogens (tertiary/aromatic N) is 1. The molecule has 0 rings (SSSR count). The quantitative estimate of drug-likeness (QED) is 0.130. The standard InChI is InChI=1S/C15H33NO10/c1-26-3-2-16(5-11(21)10(20)4-9(19)7-17)6-12(22)14(24)15(25)13(23)8-18/h9-15,17-25H,2-8H2,1H3/t9-,10-,11-,12-,13+,14+,15+/m1/s1. The van der Waals surface area contributed by atoms with Crippen LogP contribution in [0.3, 0.4) is 0 Å². The lowest BCUT2D eigenvalue weighted by Gasteiger charge is -2.32. The normalized spacial score (nSPS) is 20.4. The molecule has 158 valence electrons. The summed E-state index contributed by atoms with van der Waals surface area (Å²) in [5.41, 5.74) is 0. The molecule has 0 aliphatic heterocycles. The van der Waals surface area contributed by atoms with Gasteiger partial charge in [0.2, 0.25) is 0 Å². The molecule has 0 spiro atoms. The molecule has 0 heterocycles. The smallest absolute Gasteiger partial charge is 0.111 e. The van der Waals surface area contributed by atoms with E-state index in [9.17, 15) is 35.7 Å². The maximum atomic E-state index is 10.0. The van der Waals surface area contributed by atoms with Gasteiger partial charge in [0.25, 0.3) is 0 Å². The second-order valence-corrected chi connectivity index (χ2v) is 6.26. The van der Waals surface area contributed by atoms with E-state index in [0.717, 1.165) is 0 Å². The average molecular weight is 387 g/mol. The number of hydrogen-bond donors (Lipinski definition) is 9. The predicted octanol–water partition coefficient (Wildman–Crippen LogP) is -5.16. The van der Waals surface area contributed by atoms with Crippen molar-refractivity contribution in [2.75, 3.05) is 46.6 Å². The summed E-state index contributed by atoms with van der Waals surface area (Å²) in [5, 5.41) is 85.6. The van der Waals surface area contributed by atoms with Crippen LogP contribution in [-0.2, 0) is 4.74 Å². The Labute approximate surface area is 152 Å². The number of rotatable bonds is 15. The van der Waals surface area contributed by atoms with E-state index in [2.05, 4.69) is 0 Å². The molecule has 0 saturated heterocycles. The molecule has 0 amide bonds. The number of methoxy groups -OCH3 is 1. The van der Waals surface area contributed by atoms with Crippen LogP contribution in [0.2, 0.25) is 0 Å². The van der Waals surface area contributed by atoms with Gasteiger partial charge in [-0.3, -0.25) is 4.90 Å². The maximum absolute atomic E-state index is 10.0. The van der Waals surface area contributed by atoms with Crippen molar-refractivity contribution in [3.05, 3.63) is 0 Å². The summed E-state index contributed by atoms with van der Waals surface area (Å²) in [6, 6.07) is 0. The highest BCUT2D eigenvalue weighted by molar-refractivity contribution is 4.84. The van der Waals surface area contributed by atoms with Crippen molar-refractivity contribution in [1.29, 1.82) is 0 Å². The van der Waals surface area contributed by atoms with Gasteiger partial charge in [-0.2, -0.15) is 0 Å². The van der Waals surface area contributed by atoms with Crippen LogP contribution in [0, 0.1) is 0 Å². The fourth-order valence-electron chi connectivity index (χ4n) is 2.31. The van der Waals surface area contributed by atoms with E-state index < -0.39 is 55.9 Å². The van der Waals surface area contributed by atoms with Gasteiger partial charge in [-0.05, 0) is 0 Å². The molecule has 0 aliphatic rings. The Morgan fingerprint density at radius 2 is 1.27 bits per heavy atom. The highest BCUT2D eigenvalue weighted by Crippen LogP contribution is 2.10. The lowest BCUT2D eigenvalue weighted by Crippen LogP contribution is -2.51. The molecule has 9 N–H and O–H groups in total. The summed E-state index contributed by atoms with van der Waals surface area (Å²) in [4.78, 5) is 1.45. The molecule has 0 radical (unpaired) electrons. The van der Waals surface area contributed by atoms with Crippen molar-refractivity contribution >= 4 is 0 Å². The minimum Gasteiger partial charge on any atom is -0.394 e. The fourth-order valence-corrected chi connectivity index (χ4v) is 2.31. The van der Waals surface area contributed by atoms with Crippen LogP contribution in [0.5, 0.6) is 0 Å². The summed E-state index contributed by atoms with van der Waals surface area (Å²) in [7, 11) is 1.44. The SMILES string of the molecule is COCCN(C[C@@H](O)[C@H](O)[C@@H](O)[C@@H](O)CO)C[C@@H](O)[C@H](O)C[C@@H](O)CO. The minimum absolute atomic E-state index is 0.148. The monoisotopic (exact) mass is 387 g/mol. The van der Waals surface area contributed by atoms with Crippen LogP contribution in [-0.4, -0.2) is 140 Å². The first-order chi connectivity index (χ1) is 12.2. The van der Waals surface area contributed by atoms with Crippen molar-refractivity contribution in [3.63, 3.8) is 0 Å². The minimum atomic E-state index is -1.77. The summed E-state index contributed by atoms with van der Waals surface area (Å²) < 4.78 is 4.92. The van der Waals surface area contributed by atoms with Gasteiger partial charge in [-0.25, -0.2) is 0 Å². The van der Waals surface area contributed by atoms with E-state index in [1.807, 2.05) is 0 Å².